The molecule has 0 bridgehead atoms. The van der Waals surface area contributed by atoms with Gasteiger partial charge in [-0.15, -0.1) is 0 Å². The van der Waals surface area contributed by atoms with Crippen molar-refractivity contribution in [1.82, 2.24) is 9.88 Å². The second-order valence-electron chi connectivity index (χ2n) is 8.00. The van der Waals surface area contributed by atoms with Crippen molar-refractivity contribution >= 4 is 11.7 Å². The minimum absolute atomic E-state index is 0.143. The molecule has 1 amide bonds. The number of fused-ring (bicyclic) bond motifs is 1. The van der Waals surface area contributed by atoms with E-state index < -0.39 is 0 Å². The highest BCUT2D eigenvalue weighted by Gasteiger charge is 2.27. The SMILES string of the molecule is CC1CC(C)CN(C(=O)c2ccnc(N3CCc4ccccc4C3)c2)C1. The van der Waals surface area contributed by atoms with Crippen molar-refractivity contribution in [3.63, 3.8) is 0 Å². The summed E-state index contributed by atoms with van der Waals surface area (Å²) in [6.07, 6.45) is 4.01. The number of carbonyl (C=O) groups excluding carboxylic acids is 1. The Balaban J connectivity index is 1.53. The molecule has 0 spiro atoms. The number of aromatic nitrogens is 1. The Morgan fingerprint density at radius 1 is 1.08 bits per heavy atom. The second-order valence-corrected chi connectivity index (χ2v) is 8.00. The average Bonchev–Trinajstić information content (AvgIpc) is 2.66. The molecular formula is C22H27N3O. The van der Waals surface area contributed by atoms with Crippen LogP contribution in [0, 0.1) is 11.8 Å². The Labute approximate surface area is 155 Å². The topological polar surface area (TPSA) is 36.4 Å². The van der Waals surface area contributed by atoms with E-state index in [0.29, 0.717) is 11.8 Å². The predicted molar refractivity (Wildman–Crippen MR) is 104 cm³/mol. The molecule has 1 aromatic carbocycles. The summed E-state index contributed by atoms with van der Waals surface area (Å²) < 4.78 is 0. The van der Waals surface area contributed by atoms with E-state index in [1.54, 1.807) is 6.20 Å². The molecule has 2 unspecified atom stereocenters. The summed E-state index contributed by atoms with van der Waals surface area (Å²) in [6.45, 7) is 7.99. The van der Waals surface area contributed by atoms with Crippen LogP contribution in [0.25, 0.3) is 0 Å². The van der Waals surface area contributed by atoms with Crippen molar-refractivity contribution in [2.45, 2.75) is 33.2 Å². The predicted octanol–water partition coefficient (Wildman–Crippen LogP) is 3.76. The molecule has 0 N–H and O–H groups in total. The first-order valence-corrected chi connectivity index (χ1v) is 9.67. The molecule has 1 fully saturated rings. The Morgan fingerprint density at radius 3 is 2.58 bits per heavy atom. The number of amides is 1. The molecule has 2 aromatic rings. The lowest BCUT2D eigenvalue weighted by Crippen LogP contribution is -2.42. The number of anilines is 1. The maximum Gasteiger partial charge on any atom is 0.254 e. The van der Waals surface area contributed by atoms with Gasteiger partial charge in [-0.1, -0.05) is 38.1 Å². The number of pyridine rings is 1. The van der Waals surface area contributed by atoms with Crippen LogP contribution < -0.4 is 4.90 Å². The van der Waals surface area contributed by atoms with Gasteiger partial charge in [-0.2, -0.15) is 0 Å². The van der Waals surface area contributed by atoms with Gasteiger partial charge in [-0.3, -0.25) is 4.79 Å². The van der Waals surface area contributed by atoms with Gasteiger partial charge in [-0.05, 0) is 47.9 Å². The fraction of sp³-hybridized carbons (Fsp3) is 0.455. The van der Waals surface area contributed by atoms with Crippen LogP contribution in [0.15, 0.2) is 42.6 Å². The lowest BCUT2D eigenvalue weighted by atomic mass is 9.91. The van der Waals surface area contributed by atoms with Gasteiger partial charge >= 0.3 is 0 Å². The first kappa shape index (κ1) is 17.1. The van der Waals surface area contributed by atoms with Crippen LogP contribution in [0.1, 0.15) is 41.8 Å². The summed E-state index contributed by atoms with van der Waals surface area (Å²) in [5.41, 5.74) is 3.54. The van der Waals surface area contributed by atoms with Crippen LogP contribution >= 0.6 is 0 Å². The van der Waals surface area contributed by atoms with Crippen molar-refractivity contribution in [1.29, 1.82) is 0 Å². The smallest absolute Gasteiger partial charge is 0.254 e. The largest absolute Gasteiger partial charge is 0.352 e. The zero-order chi connectivity index (χ0) is 18.1. The van der Waals surface area contributed by atoms with Crippen molar-refractivity contribution in [3.8, 4) is 0 Å². The number of benzene rings is 1. The summed E-state index contributed by atoms with van der Waals surface area (Å²) in [5, 5.41) is 0. The van der Waals surface area contributed by atoms with Crippen molar-refractivity contribution in [2.24, 2.45) is 11.8 Å². The van der Waals surface area contributed by atoms with E-state index in [4.69, 9.17) is 0 Å². The summed E-state index contributed by atoms with van der Waals surface area (Å²) in [4.78, 5) is 21.8. The van der Waals surface area contributed by atoms with Crippen LogP contribution in [-0.4, -0.2) is 35.4 Å². The molecule has 0 aliphatic carbocycles. The first-order valence-electron chi connectivity index (χ1n) is 9.67. The Hall–Kier alpha value is -2.36. The van der Waals surface area contributed by atoms with Crippen molar-refractivity contribution in [2.75, 3.05) is 24.5 Å². The molecule has 0 radical (unpaired) electrons. The zero-order valence-corrected chi connectivity index (χ0v) is 15.7. The average molecular weight is 349 g/mol. The third-order valence-electron chi connectivity index (χ3n) is 5.60. The summed E-state index contributed by atoms with van der Waals surface area (Å²) in [6, 6.07) is 12.4. The highest BCUT2D eigenvalue weighted by Crippen LogP contribution is 2.26. The fourth-order valence-electron chi connectivity index (χ4n) is 4.43. The van der Waals surface area contributed by atoms with Gasteiger partial charge in [0.1, 0.15) is 5.82 Å². The quantitative estimate of drug-likeness (QED) is 0.828. The molecule has 3 heterocycles. The highest BCUT2D eigenvalue weighted by atomic mass is 16.2. The van der Waals surface area contributed by atoms with E-state index in [1.165, 1.54) is 17.5 Å². The van der Waals surface area contributed by atoms with Gasteiger partial charge in [0.25, 0.3) is 5.91 Å². The number of hydrogen-bond donors (Lipinski definition) is 0. The molecule has 2 aliphatic heterocycles. The Bertz CT molecular complexity index is 793. The molecule has 4 heteroatoms. The molecule has 2 aliphatic rings. The van der Waals surface area contributed by atoms with Gasteiger partial charge in [0, 0.05) is 37.9 Å². The molecule has 1 aromatic heterocycles. The van der Waals surface area contributed by atoms with Gasteiger partial charge < -0.3 is 9.80 Å². The molecule has 2 atom stereocenters. The lowest BCUT2D eigenvalue weighted by Gasteiger charge is -2.35. The number of likely N-dealkylation sites (tertiary alicyclic amines) is 1. The normalized spacial score (nSPS) is 22.8. The van der Waals surface area contributed by atoms with Crippen LogP contribution in [0.5, 0.6) is 0 Å². The number of nitrogens with zero attached hydrogens (tertiary/aromatic N) is 3. The van der Waals surface area contributed by atoms with Gasteiger partial charge in [0.05, 0.1) is 0 Å². The number of rotatable bonds is 2. The van der Waals surface area contributed by atoms with E-state index >= 15 is 0 Å². The number of piperidine rings is 1. The van der Waals surface area contributed by atoms with Crippen molar-refractivity contribution < 1.29 is 4.79 Å². The maximum absolute atomic E-state index is 13.0. The maximum atomic E-state index is 13.0. The van der Waals surface area contributed by atoms with E-state index in [2.05, 4.69) is 48.0 Å². The minimum Gasteiger partial charge on any atom is -0.352 e. The van der Waals surface area contributed by atoms with Crippen molar-refractivity contribution in [3.05, 3.63) is 59.3 Å². The van der Waals surface area contributed by atoms with Gasteiger partial charge in [0.15, 0.2) is 0 Å². The lowest BCUT2D eigenvalue weighted by molar-refractivity contribution is 0.0623. The van der Waals surface area contributed by atoms with E-state index in [1.807, 2.05) is 17.0 Å². The fourth-order valence-corrected chi connectivity index (χ4v) is 4.43. The molecular weight excluding hydrogens is 322 g/mol. The summed E-state index contributed by atoms with van der Waals surface area (Å²) >= 11 is 0. The van der Waals surface area contributed by atoms with Crippen LogP contribution in [0.3, 0.4) is 0 Å². The third-order valence-corrected chi connectivity index (χ3v) is 5.60. The monoisotopic (exact) mass is 349 g/mol. The molecule has 4 rings (SSSR count). The van der Waals surface area contributed by atoms with E-state index in [9.17, 15) is 4.79 Å². The van der Waals surface area contributed by atoms with Crippen LogP contribution in [-0.2, 0) is 13.0 Å². The third kappa shape index (κ3) is 3.46. The standard InChI is InChI=1S/C22H27N3O/c1-16-11-17(2)14-25(13-16)22(26)19-7-9-23-21(12-19)24-10-8-18-5-3-4-6-20(18)15-24/h3-7,9,12,16-17H,8,10-11,13-15H2,1-2H3. The number of hydrogen-bond acceptors (Lipinski definition) is 3. The van der Waals surface area contributed by atoms with Gasteiger partial charge in [0.2, 0.25) is 0 Å². The molecule has 26 heavy (non-hydrogen) atoms. The first-order chi connectivity index (χ1) is 12.6. The zero-order valence-electron chi connectivity index (χ0n) is 15.7. The molecule has 4 nitrogen and oxygen atoms in total. The minimum atomic E-state index is 0.143. The summed E-state index contributed by atoms with van der Waals surface area (Å²) in [7, 11) is 0. The van der Waals surface area contributed by atoms with Crippen LogP contribution in [0.4, 0.5) is 5.82 Å². The Morgan fingerprint density at radius 2 is 1.81 bits per heavy atom. The van der Waals surface area contributed by atoms with Crippen LogP contribution in [0.2, 0.25) is 0 Å². The molecule has 1 saturated heterocycles. The van der Waals surface area contributed by atoms with E-state index in [0.717, 1.165) is 44.0 Å². The number of carbonyl (C=O) groups is 1. The van der Waals surface area contributed by atoms with E-state index in [-0.39, 0.29) is 5.91 Å². The second kappa shape index (κ2) is 7.10. The molecule has 0 saturated carbocycles. The molecule has 136 valence electrons. The summed E-state index contributed by atoms with van der Waals surface area (Å²) in [5.74, 6) is 2.19. The Kier molecular flexibility index (Phi) is 4.66. The highest BCUT2D eigenvalue weighted by molar-refractivity contribution is 5.95. The van der Waals surface area contributed by atoms with Gasteiger partial charge in [-0.25, -0.2) is 4.98 Å².